The standard InChI is InChI=1S/C8H4FNO2S2/c9-5-1-4-2-7(10(11)12)14-8(4)6(13)3-5/h1-3,13H. The van der Waals surface area contributed by atoms with Gasteiger partial charge in [0, 0.05) is 16.3 Å². The third-order valence-electron chi connectivity index (χ3n) is 1.73. The van der Waals surface area contributed by atoms with Crippen LogP contribution in [-0.2, 0) is 0 Å². The lowest BCUT2D eigenvalue weighted by Crippen LogP contribution is -1.80. The average molecular weight is 229 g/mol. The van der Waals surface area contributed by atoms with Crippen molar-refractivity contribution in [3.05, 3.63) is 34.1 Å². The van der Waals surface area contributed by atoms with Gasteiger partial charge in [-0.05, 0) is 12.1 Å². The lowest BCUT2D eigenvalue weighted by molar-refractivity contribution is -0.380. The third kappa shape index (κ3) is 1.46. The first kappa shape index (κ1) is 9.42. The number of fused-ring (bicyclic) bond motifs is 1. The SMILES string of the molecule is O=[N+]([O-])c1cc2cc(F)cc(S)c2s1. The van der Waals surface area contributed by atoms with Crippen molar-refractivity contribution in [2.45, 2.75) is 4.90 Å². The quantitative estimate of drug-likeness (QED) is 0.463. The fraction of sp³-hybridized carbons (Fsp3) is 0. The van der Waals surface area contributed by atoms with E-state index in [1.165, 1.54) is 18.2 Å². The van der Waals surface area contributed by atoms with Gasteiger partial charge in [-0.2, -0.15) is 0 Å². The highest BCUT2D eigenvalue weighted by Crippen LogP contribution is 2.35. The van der Waals surface area contributed by atoms with Crippen LogP contribution in [0.3, 0.4) is 0 Å². The lowest BCUT2D eigenvalue weighted by atomic mass is 10.2. The zero-order valence-corrected chi connectivity index (χ0v) is 8.44. The predicted molar refractivity (Wildman–Crippen MR) is 55.7 cm³/mol. The lowest BCUT2D eigenvalue weighted by Gasteiger charge is -1.93. The fourth-order valence-corrected chi connectivity index (χ4v) is 2.43. The van der Waals surface area contributed by atoms with Crippen LogP contribution < -0.4 is 0 Å². The van der Waals surface area contributed by atoms with E-state index in [-0.39, 0.29) is 5.00 Å². The Kier molecular flexibility index (Phi) is 2.16. The van der Waals surface area contributed by atoms with Crippen molar-refractivity contribution in [2.24, 2.45) is 0 Å². The summed E-state index contributed by atoms with van der Waals surface area (Å²) < 4.78 is 13.5. The number of halogens is 1. The van der Waals surface area contributed by atoms with E-state index >= 15 is 0 Å². The highest BCUT2D eigenvalue weighted by Gasteiger charge is 2.13. The second-order valence-electron chi connectivity index (χ2n) is 2.69. The number of nitro groups is 1. The van der Waals surface area contributed by atoms with Gasteiger partial charge >= 0.3 is 5.00 Å². The summed E-state index contributed by atoms with van der Waals surface area (Å²) in [6, 6.07) is 3.85. The number of nitrogens with zero attached hydrogens (tertiary/aromatic N) is 1. The van der Waals surface area contributed by atoms with E-state index in [0.717, 1.165) is 11.3 Å². The molecule has 0 aliphatic rings. The molecule has 0 N–H and O–H groups in total. The Morgan fingerprint density at radius 1 is 1.43 bits per heavy atom. The molecular formula is C8H4FNO2S2. The van der Waals surface area contributed by atoms with E-state index < -0.39 is 10.7 Å². The molecule has 0 saturated carbocycles. The maximum Gasteiger partial charge on any atom is 0.325 e. The summed E-state index contributed by atoms with van der Waals surface area (Å²) >= 11 is 5.05. The van der Waals surface area contributed by atoms with Crippen LogP contribution in [0.4, 0.5) is 9.39 Å². The van der Waals surface area contributed by atoms with Gasteiger partial charge in [0.2, 0.25) is 0 Å². The number of thiol groups is 1. The Labute approximate surface area is 87.7 Å². The first-order valence-electron chi connectivity index (χ1n) is 3.64. The van der Waals surface area contributed by atoms with E-state index in [2.05, 4.69) is 12.6 Å². The molecule has 0 aliphatic carbocycles. The predicted octanol–water partition coefficient (Wildman–Crippen LogP) is 3.24. The maximum absolute atomic E-state index is 12.9. The Balaban J connectivity index is 2.76. The topological polar surface area (TPSA) is 43.1 Å². The van der Waals surface area contributed by atoms with Crippen LogP contribution in [0.5, 0.6) is 0 Å². The third-order valence-corrected chi connectivity index (χ3v) is 3.37. The van der Waals surface area contributed by atoms with Gasteiger partial charge in [-0.1, -0.05) is 11.3 Å². The molecule has 0 fully saturated rings. The van der Waals surface area contributed by atoms with Crippen LogP contribution >= 0.6 is 24.0 Å². The number of hydrogen-bond acceptors (Lipinski definition) is 4. The molecule has 6 heteroatoms. The van der Waals surface area contributed by atoms with E-state index in [9.17, 15) is 14.5 Å². The molecule has 0 unspecified atom stereocenters. The molecule has 1 aromatic heterocycles. The Hall–Kier alpha value is -1.14. The zero-order valence-electron chi connectivity index (χ0n) is 6.73. The highest BCUT2D eigenvalue weighted by atomic mass is 32.1. The molecule has 72 valence electrons. The number of hydrogen-bond donors (Lipinski definition) is 1. The normalized spacial score (nSPS) is 10.7. The molecule has 14 heavy (non-hydrogen) atoms. The monoisotopic (exact) mass is 229 g/mol. The Morgan fingerprint density at radius 2 is 2.14 bits per heavy atom. The van der Waals surface area contributed by atoms with Gasteiger partial charge in [0.1, 0.15) is 5.82 Å². The van der Waals surface area contributed by atoms with E-state index in [1.807, 2.05) is 0 Å². The van der Waals surface area contributed by atoms with Crippen LogP contribution in [0.1, 0.15) is 0 Å². The maximum atomic E-state index is 12.9. The largest absolute Gasteiger partial charge is 0.325 e. The van der Waals surface area contributed by atoms with Crippen molar-refractivity contribution in [3.8, 4) is 0 Å². The van der Waals surface area contributed by atoms with Crippen molar-refractivity contribution >= 4 is 39.1 Å². The minimum Gasteiger partial charge on any atom is -0.258 e. The zero-order chi connectivity index (χ0) is 10.3. The molecule has 0 saturated heterocycles. The van der Waals surface area contributed by atoms with Crippen molar-refractivity contribution < 1.29 is 9.31 Å². The minimum absolute atomic E-state index is 0.000833. The van der Waals surface area contributed by atoms with Crippen molar-refractivity contribution in [1.29, 1.82) is 0 Å². The van der Waals surface area contributed by atoms with Crippen LogP contribution in [0.2, 0.25) is 0 Å². The van der Waals surface area contributed by atoms with Crippen molar-refractivity contribution in [2.75, 3.05) is 0 Å². The summed E-state index contributed by atoms with van der Waals surface area (Å²) in [5.74, 6) is -0.435. The van der Waals surface area contributed by atoms with Crippen LogP contribution in [-0.4, -0.2) is 4.92 Å². The van der Waals surface area contributed by atoms with Gasteiger partial charge in [-0.3, -0.25) is 10.1 Å². The molecule has 1 heterocycles. The van der Waals surface area contributed by atoms with Gasteiger partial charge in [-0.15, -0.1) is 12.6 Å². The van der Waals surface area contributed by atoms with E-state index in [1.54, 1.807) is 0 Å². The Morgan fingerprint density at radius 3 is 2.79 bits per heavy atom. The van der Waals surface area contributed by atoms with Gasteiger partial charge in [0.15, 0.2) is 0 Å². The Bertz CT molecular complexity index is 523. The molecule has 0 radical (unpaired) electrons. The summed E-state index contributed by atoms with van der Waals surface area (Å²) in [6.45, 7) is 0. The summed E-state index contributed by atoms with van der Waals surface area (Å²) in [6.07, 6.45) is 0. The summed E-state index contributed by atoms with van der Waals surface area (Å²) in [5.41, 5.74) is 0. The summed E-state index contributed by atoms with van der Waals surface area (Å²) in [5, 5.41) is 11.0. The van der Waals surface area contributed by atoms with Gasteiger partial charge in [0.05, 0.1) is 9.62 Å². The van der Waals surface area contributed by atoms with Crippen molar-refractivity contribution in [1.82, 2.24) is 0 Å². The fourth-order valence-electron chi connectivity index (χ4n) is 1.18. The first-order chi connectivity index (χ1) is 6.58. The summed E-state index contributed by atoms with van der Waals surface area (Å²) in [7, 11) is 0. The molecule has 0 bridgehead atoms. The van der Waals surface area contributed by atoms with E-state index in [4.69, 9.17) is 0 Å². The molecule has 2 rings (SSSR count). The van der Waals surface area contributed by atoms with Gasteiger partial charge in [-0.25, -0.2) is 4.39 Å². The molecule has 0 atom stereocenters. The molecule has 3 nitrogen and oxygen atoms in total. The van der Waals surface area contributed by atoms with Crippen LogP contribution in [0.15, 0.2) is 23.1 Å². The smallest absolute Gasteiger partial charge is 0.258 e. The highest BCUT2D eigenvalue weighted by molar-refractivity contribution is 7.80. The molecule has 1 aromatic carbocycles. The first-order valence-corrected chi connectivity index (χ1v) is 4.91. The average Bonchev–Trinajstić information content (AvgIpc) is 2.47. The van der Waals surface area contributed by atoms with Crippen LogP contribution in [0, 0.1) is 15.9 Å². The molecule has 0 amide bonds. The summed E-state index contributed by atoms with van der Waals surface area (Å²) in [4.78, 5) is 10.4. The molecule has 2 aromatic rings. The second-order valence-corrected chi connectivity index (χ2v) is 4.20. The van der Waals surface area contributed by atoms with Crippen molar-refractivity contribution in [3.63, 3.8) is 0 Å². The number of thiophene rings is 1. The molecule has 0 aliphatic heterocycles. The molecule has 0 spiro atoms. The van der Waals surface area contributed by atoms with Gasteiger partial charge < -0.3 is 0 Å². The van der Waals surface area contributed by atoms with E-state index in [0.29, 0.717) is 15.0 Å². The minimum atomic E-state index is -0.490. The van der Waals surface area contributed by atoms with Gasteiger partial charge in [0.25, 0.3) is 0 Å². The van der Waals surface area contributed by atoms with Crippen LogP contribution in [0.25, 0.3) is 10.1 Å². The number of benzene rings is 1. The number of rotatable bonds is 1. The molecular weight excluding hydrogens is 225 g/mol. The second kappa shape index (κ2) is 3.21.